The molecule has 0 spiro atoms. The minimum absolute atomic E-state index is 0.300. The Morgan fingerprint density at radius 3 is 2.43 bits per heavy atom. The first-order valence-corrected chi connectivity index (χ1v) is 3.39. The monoisotopic (exact) mass is 206 g/mol. The Labute approximate surface area is 76.2 Å². The smallest absolute Gasteiger partial charge is 0.433 e. The molecule has 0 atom stereocenters. The average Bonchev–Trinajstić information content (AvgIpc) is 2.02. The molecule has 0 aliphatic heterocycles. The molecule has 0 unspecified atom stereocenters. The number of aromatic nitrogens is 1. The number of hydrogen-bond acceptors (Lipinski definition) is 3. The SMILES string of the molecule is Nc1ccc(C(F)(F)F)nc1C(=O)O. The Bertz CT molecular complexity index is 376. The number of nitrogen functional groups attached to an aromatic ring is 1. The Morgan fingerprint density at radius 1 is 1.43 bits per heavy atom. The topological polar surface area (TPSA) is 76.2 Å². The third-order valence-corrected chi connectivity index (χ3v) is 1.42. The first-order valence-electron chi connectivity index (χ1n) is 3.39. The molecule has 0 aromatic carbocycles. The van der Waals surface area contributed by atoms with Crippen LogP contribution in [0.2, 0.25) is 0 Å². The van der Waals surface area contributed by atoms with Gasteiger partial charge in [0, 0.05) is 0 Å². The Kier molecular flexibility index (Phi) is 2.33. The molecule has 0 saturated carbocycles. The summed E-state index contributed by atoms with van der Waals surface area (Å²) in [4.78, 5) is 13.3. The first kappa shape index (κ1) is 10.3. The van der Waals surface area contributed by atoms with Gasteiger partial charge in [0.15, 0.2) is 5.69 Å². The Morgan fingerprint density at radius 2 is 2.00 bits per heavy atom. The van der Waals surface area contributed by atoms with E-state index in [2.05, 4.69) is 4.98 Å². The standard InChI is InChI=1S/C7H5F3N2O2/c8-7(9,10)4-2-1-3(11)5(12-4)6(13)14/h1-2H,11H2,(H,13,14). The van der Waals surface area contributed by atoms with Crippen LogP contribution in [-0.4, -0.2) is 16.1 Å². The Hall–Kier alpha value is -1.79. The number of nitrogens with zero attached hydrogens (tertiary/aromatic N) is 1. The van der Waals surface area contributed by atoms with Gasteiger partial charge in [-0.1, -0.05) is 0 Å². The van der Waals surface area contributed by atoms with Crippen LogP contribution in [0.25, 0.3) is 0 Å². The minimum atomic E-state index is -4.67. The van der Waals surface area contributed by atoms with Crippen LogP contribution in [-0.2, 0) is 6.18 Å². The van der Waals surface area contributed by atoms with Gasteiger partial charge in [-0.2, -0.15) is 13.2 Å². The quantitative estimate of drug-likeness (QED) is 0.727. The zero-order valence-electron chi connectivity index (χ0n) is 6.67. The predicted octanol–water partition coefficient (Wildman–Crippen LogP) is 1.38. The number of hydrogen-bond donors (Lipinski definition) is 2. The molecular weight excluding hydrogens is 201 g/mol. The van der Waals surface area contributed by atoms with Crippen LogP contribution >= 0.6 is 0 Å². The van der Waals surface area contributed by atoms with E-state index in [9.17, 15) is 18.0 Å². The second kappa shape index (κ2) is 3.17. The van der Waals surface area contributed by atoms with Crippen molar-refractivity contribution in [1.82, 2.24) is 4.98 Å². The van der Waals surface area contributed by atoms with Gasteiger partial charge in [-0.3, -0.25) is 0 Å². The number of carboxylic acids is 1. The zero-order valence-corrected chi connectivity index (χ0v) is 6.67. The average molecular weight is 206 g/mol. The highest BCUT2D eigenvalue weighted by atomic mass is 19.4. The fourth-order valence-electron chi connectivity index (χ4n) is 0.799. The lowest BCUT2D eigenvalue weighted by molar-refractivity contribution is -0.141. The summed E-state index contributed by atoms with van der Waals surface area (Å²) in [6, 6.07) is 1.49. The first-order chi connectivity index (χ1) is 6.32. The molecule has 7 heteroatoms. The van der Waals surface area contributed by atoms with Gasteiger partial charge in [-0.05, 0) is 12.1 Å². The molecular formula is C7H5F3N2O2. The van der Waals surface area contributed by atoms with E-state index in [1.165, 1.54) is 0 Å². The fourth-order valence-corrected chi connectivity index (χ4v) is 0.799. The van der Waals surface area contributed by atoms with Crippen molar-refractivity contribution in [3.63, 3.8) is 0 Å². The van der Waals surface area contributed by atoms with Gasteiger partial charge >= 0.3 is 12.1 Å². The normalized spacial score (nSPS) is 11.4. The number of aromatic carboxylic acids is 1. The molecule has 76 valence electrons. The van der Waals surface area contributed by atoms with E-state index >= 15 is 0 Å². The van der Waals surface area contributed by atoms with Crippen LogP contribution in [0.15, 0.2) is 12.1 Å². The largest absolute Gasteiger partial charge is 0.476 e. The lowest BCUT2D eigenvalue weighted by Gasteiger charge is -2.07. The van der Waals surface area contributed by atoms with Crippen molar-refractivity contribution in [3.8, 4) is 0 Å². The molecule has 3 N–H and O–H groups in total. The molecule has 0 aliphatic rings. The summed E-state index contributed by atoms with van der Waals surface area (Å²) in [5, 5.41) is 8.45. The number of halogens is 3. The van der Waals surface area contributed by atoms with Crippen molar-refractivity contribution in [1.29, 1.82) is 0 Å². The maximum absolute atomic E-state index is 12.1. The predicted molar refractivity (Wildman–Crippen MR) is 40.6 cm³/mol. The van der Waals surface area contributed by atoms with Gasteiger partial charge in [0.05, 0.1) is 5.69 Å². The maximum Gasteiger partial charge on any atom is 0.433 e. The molecule has 0 aliphatic carbocycles. The summed E-state index contributed by atoms with van der Waals surface area (Å²) < 4.78 is 36.2. The van der Waals surface area contributed by atoms with Crippen molar-refractivity contribution >= 4 is 11.7 Å². The van der Waals surface area contributed by atoms with Gasteiger partial charge in [0.1, 0.15) is 5.69 Å². The van der Waals surface area contributed by atoms with Crippen molar-refractivity contribution in [3.05, 3.63) is 23.5 Å². The highest BCUT2D eigenvalue weighted by Gasteiger charge is 2.33. The van der Waals surface area contributed by atoms with Gasteiger partial charge in [0.25, 0.3) is 0 Å². The summed E-state index contributed by atoms with van der Waals surface area (Å²) >= 11 is 0. The molecule has 1 rings (SSSR count). The van der Waals surface area contributed by atoms with Gasteiger partial charge in [-0.15, -0.1) is 0 Å². The van der Waals surface area contributed by atoms with E-state index in [4.69, 9.17) is 10.8 Å². The van der Waals surface area contributed by atoms with E-state index in [0.717, 1.165) is 6.07 Å². The van der Waals surface area contributed by atoms with E-state index in [1.807, 2.05) is 0 Å². The Balaban J connectivity index is 3.27. The molecule has 4 nitrogen and oxygen atoms in total. The minimum Gasteiger partial charge on any atom is -0.476 e. The van der Waals surface area contributed by atoms with Crippen molar-refractivity contribution in [2.45, 2.75) is 6.18 Å². The summed E-state index contributed by atoms with van der Waals surface area (Å²) in [6.07, 6.45) is -4.67. The number of alkyl halides is 3. The van der Waals surface area contributed by atoms with Crippen molar-refractivity contribution < 1.29 is 23.1 Å². The number of carboxylic acid groups (broad SMARTS) is 1. The summed E-state index contributed by atoms with van der Waals surface area (Å²) in [6.45, 7) is 0. The maximum atomic E-state index is 12.1. The summed E-state index contributed by atoms with van der Waals surface area (Å²) in [5.74, 6) is -1.59. The van der Waals surface area contributed by atoms with Gasteiger partial charge in [0.2, 0.25) is 0 Å². The molecule has 1 aromatic rings. The molecule has 0 radical (unpaired) electrons. The van der Waals surface area contributed by atoms with Crippen LogP contribution in [0.5, 0.6) is 0 Å². The molecule has 14 heavy (non-hydrogen) atoms. The lowest BCUT2D eigenvalue weighted by Crippen LogP contribution is -2.13. The van der Waals surface area contributed by atoms with E-state index in [1.54, 1.807) is 0 Å². The van der Waals surface area contributed by atoms with Crippen molar-refractivity contribution in [2.75, 3.05) is 5.73 Å². The molecule has 1 aromatic heterocycles. The molecule has 1 heterocycles. The highest BCUT2D eigenvalue weighted by Crippen LogP contribution is 2.28. The van der Waals surface area contributed by atoms with Crippen LogP contribution in [0, 0.1) is 0 Å². The second-order valence-electron chi connectivity index (χ2n) is 2.44. The van der Waals surface area contributed by atoms with E-state index in [0.29, 0.717) is 6.07 Å². The van der Waals surface area contributed by atoms with Gasteiger partial charge < -0.3 is 10.8 Å². The van der Waals surface area contributed by atoms with Crippen LogP contribution < -0.4 is 5.73 Å². The summed E-state index contributed by atoms with van der Waals surface area (Å²) in [7, 11) is 0. The third-order valence-electron chi connectivity index (χ3n) is 1.42. The van der Waals surface area contributed by atoms with Crippen LogP contribution in [0.4, 0.5) is 18.9 Å². The van der Waals surface area contributed by atoms with Crippen molar-refractivity contribution in [2.24, 2.45) is 0 Å². The number of anilines is 1. The molecule has 0 saturated heterocycles. The number of nitrogens with two attached hydrogens (primary N) is 1. The second-order valence-corrected chi connectivity index (χ2v) is 2.44. The number of pyridine rings is 1. The molecule has 0 fully saturated rings. The third kappa shape index (κ3) is 1.93. The zero-order chi connectivity index (χ0) is 10.9. The van der Waals surface area contributed by atoms with Crippen LogP contribution in [0.3, 0.4) is 0 Å². The van der Waals surface area contributed by atoms with E-state index in [-0.39, 0.29) is 5.69 Å². The highest BCUT2D eigenvalue weighted by molar-refractivity contribution is 5.91. The number of rotatable bonds is 1. The molecule has 0 bridgehead atoms. The fraction of sp³-hybridized carbons (Fsp3) is 0.143. The van der Waals surface area contributed by atoms with Gasteiger partial charge in [-0.25, -0.2) is 9.78 Å². The summed E-state index contributed by atoms with van der Waals surface area (Å²) in [5.41, 5.74) is 2.76. The van der Waals surface area contributed by atoms with E-state index < -0.39 is 23.5 Å². The lowest BCUT2D eigenvalue weighted by atomic mass is 10.2. The molecule has 0 amide bonds. The number of carbonyl (C=O) groups is 1. The van der Waals surface area contributed by atoms with Crippen LogP contribution in [0.1, 0.15) is 16.2 Å².